The van der Waals surface area contributed by atoms with E-state index in [2.05, 4.69) is 84.8 Å². The number of benzene rings is 1. The third-order valence-electron chi connectivity index (χ3n) is 4.84. The van der Waals surface area contributed by atoms with Crippen molar-refractivity contribution in [3.05, 3.63) is 71.8 Å². The predicted octanol–water partition coefficient (Wildman–Crippen LogP) is -0.305. The number of carbonyl (C=O) groups excluding carboxylic acids is 2. The normalized spacial score (nSPS) is 9.80. The quantitative estimate of drug-likeness (QED) is 0.547. The molecule has 3 aromatic rings. The first-order valence-electron chi connectivity index (χ1n) is 9.68. The van der Waals surface area contributed by atoms with Crippen molar-refractivity contribution < 1.29 is 28.9 Å². The standard InChI is InChI=1S/C8H6O4.2C7H13N2/c9-7(10)5-3-1-2-4-6(5)8(11)12;2*1-4-9-6-5-8(3)7(9)2/h1-4H,(H,9,10)(H,11,12);2*5-6H,4H2,1-3H3/q;2*+1/p-2. The minimum Gasteiger partial charge on any atom is -0.545 e. The van der Waals surface area contributed by atoms with Crippen LogP contribution in [-0.4, -0.2) is 21.1 Å². The molecule has 2 aromatic heterocycles. The summed E-state index contributed by atoms with van der Waals surface area (Å²) in [6.45, 7) is 10.6. The Morgan fingerprint density at radius 2 is 1.13 bits per heavy atom. The average molecular weight is 415 g/mol. The molecule has 0 N–H and O–H groups in total. The van der Waals surface area contributed by atoms with Gasteiger partial charge in [0.25, 0.3) is 11.6 Å². The maximum atomic E-state index is 10.3. The molecule has 0 atom stereocenters. The van der Waals surface area contributed by atoms with Crippen LogP contribution in [0.2, 0.25) is 0 Å². The van der Waals surface area contributed by atoms with E-state index in [-0.39, 0.29) is 11.1 Å². The Kier molecular flexibility index (Phi) is 9.48. The van der Waals surface area contributed by atoms with Crippen LogP contribution in [0.15, 0.2) is 49.1 Å². The minimum absolute atomic E-state index is 0.363. The van der Waals surface area contributed by atoms with Crippen molar-refractivity contribution in [2.24, 2.45) is 14.1 Å². The molecule has 162 valence electrons. The number of aromatic carboxylic acids is 2. The molecule has 8 nitrogen and oxygen atoms in total. The van der Waals surface area contributed by atoms with E-state index < -0.39 is 11.9 Å². The molecule has 0 unspecified atom stereocenters. The van der Waals surface area contributed by atoms with Crippen LogP contribution in [-0.2, 0) is 27.2 Å². The Labute approximate surface area is 177 Å². The molecule has 3 rings (SSSR count). The molecule has 0 saturated heterocycles. The molecule has 0 aliphatic rings. The highest BCUT2D eigenvalue weighted by molar-refractivity contribution is 5.99. The maximum Gasteiger partial charge on any atom is 0.252 e. The lowest BCUT2D eigenvalue weighted by molar-refractivity contribution is -0.699. The highest BCUT2D eigenvalue weighted by Gasteiger charge is 2.05. The van der Waals surface area contributed by atoms with Gasteiger partial charge in [0.15, 0.2) is 0 Å². The van der Waals surface area contributed by atoms with Gasteiger partial charge in [0.05, 0.1) is 39.1 Å². The summed E-state index contributed by atoms with van der Waals surface area (Å²) in [4.78, 5) is 20.6. The van der Waals surface area contributed by atoms with E-state index in [0.717, 1.165) is 25.2 Å². The van der Waals surface area contributed by atoms with Crippen LogP contribution in [0.1, 0.15) is 46.2 Å². The number of carboxylic acids is 2. The number of aryl methyl sites for hydroxylation is 4. The monoisotopic (exact) mass is 414 g/mol. The van der Waals surface area contributed by atoms with Gasteiger partial charge in [-0.05, 0) is 13.8 Å². The zero-order valence-electron chi connectivity index (χ0n) is 18.5. The van der Waals surface area contributed by atoms with Gasteiger partial charge in [0, 0.05) is 25.0 Å². The van der Waals surface area contributed by atoms with Gasteiger partial charge in [-0.3, -0.25) is 0 Å². The van der Waals surface area contributed by atoms with Gasteiger partial charge >= 0.3 is 0 Å². The molecule has 1 aromatic carbocycles. The fraction of sp³-hybridized carbons (Fsp3) is 0.364. The summed E-state index contributed by atoms with van der Waals surface area (Å²) in [6, 6.07) is 5.14. The number of carbonyl (C=O) groups is 2. The number of rotatable bonds is 4. The summed E-state index contributed by atoms with van der Waals surface area (Å²) in [5, 5.41) is 20.6. The van der Waals surface area contributed by atoms with Crippen LogP contribution in [0.4, 0.5) is 0 Å². The zero-order chi connectivity index (χ0) is 22.8. The van der Waals surface area contributed by atoms with E-state index in [1.807, 2.05) is 0 Å². The predicted molar refractivity (Wildman–Crippen MR) is 107 cm³/mol. The van der Waals surface area contributed by atoms with E-state index in [4.69, 9.17) is 0 Å². The molecule has 0 amide bonds. The van der Waals surface area contributed by atoms with Crippen molar-refractivity contribution in [3.63, 3.8) is 0 Å². The molecule has 0 aliphatic heterocycles. The fourth-order valence-corrected chi connectivity index (χ4v) is 2.71. The zero-order valence-corrected chi connectivity index (χ0v) is 18.5. The van der Waals surface area contributed by atoms with E-state index in [1.54, 1.807) is 0 Å². The number of hydrogen-bond acceptors (Lipinski definition) is 4. The summed E-state index contributed by atoms with van der Waals surface area (Å²) in [7, 11) is 4.11. The van der Waals surface area contributed by atoms with Crippen LogP contribution in [0.5, 0.6) is 0 Å². The summed E-state index contributed by atoms with van der Waals surface area (Å²) in [6.07, 6.45) is 8.32. The third-order valence-corrected chi connectivity index (χ3v) is 4.84. The average Bonchev–Trinajstić information content (AvgIpc) is 3.23. The Morgan fingerprint density at radius 3 is 1.30 bits per heavy atom. The Bertz CT molecular complexity index is 910. The topological polar surface area (TPSA) is 97.9 Å². The van der Waals surface area contributed by atoms with Crippen LogP contribution in [0.25, 0.3) is 0 Å². The molecule has 0 fully saturated rings. The molecule has 0 spiro atoms. The Morgan fingerprint density at radius 1 is 0.800 bits per heavy atom. The third kappa shape index (κ3) is 6.58. The van der Waals surface area contributed by atoms with Crippen molar-refractivity contribution >= 4 is 11.9 Å². The van der Waals surface area contributed by atoms with Crippen LogP contribution in [0, 0.1) is 13.8 Å². The number of carboxylic acid groups (broad SMARTS) is 2. The molecular formula is C22H30N4O4. The van der Waals surface area contributed by atoms with E-state index in [1.165, 1.54) is 23.8 Å². The molecule has 0 radical (unpaired) electrons. The second-order valence-electron chi connectivity index (χ2n) is 6.61. The van der Waals surface area contributed by atoms with Gasteiger partial charge in [-0.25, -0.2) is 18.3 Å². The highest BCUT2D eigenvalue weighted by Crippen LogP contribution is 2.05. The fourth-order valence-electron chi connectivity index (χ4n) is 2.71. The summed E-state index contributed by atoms with van der Waals surface area (Å²) >= 11 is 0. The Balaban J connectivity index is 0.000000229. The van der Waals surface area contributed by atoms with E-state index >= 15 is 0 Å². The molecule has 0 saturated carbocycles. The first-order valence-corrected chi connectivity index (χ1v) is 9.68. The van der Waals surface area contributed by atoms with Gasteiger partial charge in [-0.1, -0.05) is 24.3 Å². The smallest absolute Gasteiger partial charge is 0.252 e. The molecule has 8 heteroatoms. The number of aromatic nitrogens is 4. The van der Waals surface area contributed by atoms with Crippen LogP contribution in [0.3, 0.4) is 0 Å². The van der Waals surface area contributed by atoms with E-state index in [0.29, 0.717) is 0 Å². The summed E-state index contributed by atoms with van der Waals surface area (Å²) < 4.78 is 8.65. The van der Waals surface area contributed by atoms with Crippen LogP contribution < -0.4 is 19.3 Å². The molecule has 30 heavy (non-hydrogen) atoms. The summed E-state index contributed by atoms with van der Waals surface area (Å²) in [5.41, 5.74) is -0.727. The van der Waals surface area contributed by atoms with Crippen molar-refractivity contribution in [3.8, 4) is 0 Å². The lowest BCUT2D eigenvalue weighted by atomic mass is 10.1. The van der Waals surface area contributed by atoms with Gasteiger partial charge in [-0.15, -0.1) is 0 Å². The Hall–Kier alpha value is -3.42. The largest absolute Gasteiger partial charge is 0.545 e. The first kappa shape index (κ1) is 24.6. The second-order valence-corrected chi connectivity index (χ2v) is 6.61. The maximum absolute atomic E-state index is 10.3. The van der Waals surface area contributed by atoms with E-state index in [9.17, 15) is 19.8 Å². The molecule has 0 bridgehead atoms. The van der Waals surface area contributed by atoms with Gasteiger partial charge in [-0.2, -0.15) is 0 Å². The first-order chi connectivity index (χ1) is 14.1. The highest BCUT2D eigenvalue weighted by atomic mass is 16.4. The number of nitrogens with zero attached hydrogens (tertiary/aromatic N) is 4. The van der Waals surface area contributed by atoms with Gasteiger partial charge in [0.2, 0.25) is 0 Å². The van der Waals surface area contributed by atoms with Crippen molar-refractivity contribution in [1.29, 1.82) is 0 Å². The van der Waals surface area contributed by atoms with Gasteiger partial charge in [0.1, 0.15) is 24.8 Å². The van der Waals surface area contributed by atoms with Crippen molar-refractivity contribution in [2.75, 3.05) is 0 Å². The minimum atomic E-state index is -1.52. The SMILES string of the molecule is CC[n+]1ccn(C)c1C.CC[n+]1ccn(C)c1C.O=C([O-])c1ccccc1C(=O)[O-]. The molecule has 0 aliphatic carbocycles. The molecular weight excluding hydrogens is 384 g/mol. The van der Waals surface area contributed by atoms with Gasteiger partial charge < -0.3 is 19.8 Å². The second kappa shape index (κ2) is 11.5. The van der Waals surface area contributed by atoms with Crippen LogP contribution >= 0.6 is 0 Å². The number of imidazole rings is 2. The lowest BCUT2D eigenvalue weighted by Gasteiger charge is -2.09. The van der Waals surface area contributed by atoms with Crippen molar-refractivity contribution in [1.82, 2.24) is 9.13 Å². The van der Waals surface area contributed by atoms with Crippen molar-refractivity contribution in [2.45, 2.75) is 40.8 Å². The lowest BCUT2D eigenvalue weighted by Crippen LogP contribution is -2.33. The summed E-state index contributed by atoms with van der Waals surface area (Å²) in [5.74, 6) is -0.431. The number of hydrogen-bond donors (Lipinski definition) is 0. The molecule has 2 heterocycles.